The number of rotatable bonds is 6. The van der Waals surface area contributed by atoms with Crippen molar-refractivity contribution in [3.8, 4) is 0 Å². The summed E-state index contributed by atoms with van der Waals surface area (Å²) in [5.41, 5.74) is 0.609. The first-order valence-corrected chi connectivity index (χ1v) is 4.65. The van der Waals surface area contributed by atoms with E-state index in [9.17, 15) is 9.59 Å². The lowest BCUT2D eigenvalue weighted by atomic mass is 10.1. The van der Waals surface area contributed by atoms with Crippen molar-refractivity contribution in [1.82, 2.24) is 0 Å². The Balaban J connectivity index is 3.88. The Labute approximate surface area is 83.6 Å². The summed E-state index contributed by atoms with van der Waals surface area (Å²) in [6.07, 6.45) is 3.09. The second-order valence-corrected chi connectivity index (χ2v) is 2.84. The maximum atomic E-state index is 11.3. The minimum absolute atomic E-state index is 0.0603. The van der Waals surface area contributed by atoms with Crippen molar-refractivity contribution in [2.24, 2.45) is 0 Å². The molecule has 1 N–H and O–H groups in total. The maximum absolute atomic E-state index is 11.3. The number of carbonyl (C=O) groups excluding carboxylic acids is 1. The highest BCUT2D eigenvalue weighted by Gasteiger charge is 2.09. The molecule has 0 amide bonds. The summed E-state index contributed by atoms with van der Waals surface area (Å²) >= 11 is 0. The fraction of sp³-hybridized carbons (Fsp3) is 0.600. The summed E-state index contributed by atoms with van der Waals surface area (Å²) in [4.78, 5) is 21.4. The summed E-state index contributed by atoms with van der Waals surface area (Å²) in [6, 6.07) is 0. The summed E-state index contributed by atoms with van der Waals surface area (Å²) < 4.78 is 4.77. The molecule has 0 aromatic carbocycles. The lowest BCUT2D eigenvalue weighted by Crippen LogP contribution is -2.11. The SMILES string of the molecule is C/C=C(\CCC)C(=O)OCCC(=O)O. The molecule has 0 bridgehead atoms. The molecule has 0 aliphatic heterocycles. The maximum Gasteiger partial charge on any atom is 0.333 e. The van der Waals surface area contributed by atoms with E-state index >= 15 is 0 Å². The Bertz CT molecular complexity index is 230. The highest BCUT2D eigenvalue weighted by molar-refractivity contribution is 5.88. The van der Waals surface area contributed by atoms with E-state index < -0.39 is 11.9 Å². The molecule has 0 aromatic rings. The minimum atomic E-state index is -0.963. The molecule has 80 valence electrons. The molecule has 0 heterocycles. The van der Waals surface area contributed by atoms with Crippen LogP contribution < -0.4 is 0 Å². The van der Waals surface area contributed by atoms with Gasteiger partial charge in [0.2, 0.25) is 0 Å². The van der Waals surface area contributed by atoms with Crippen LogP contribution in [0.25, 0.3) is 0 Å². The molecule has 4 heteroatoms. The highest BCUT2D eigenvalue weighted by atomic mass is 16.5. The van der Waals surface area contributed by atoms with Gasteiger partial charge in [-0.1, -0.05) is 19.4 Å². The van der Waals surface area contributed by atoms with Crippen LogP contribution in [0.3, 0.4) is 0 Å². The van der Waals surface area contributed by atoms with Crippen LogP contribution in [0.2, 0.25) is 0 Å². The Kier molecular flexibility index (Phi) is 6.45. The molecule has 0 radical (unpaired) electrons. The first kappa shape index (κ1) is 12.7. The average molecular weight is 200 g/mol. The topological polar surface area (TPSA) is 63.6 Å². The Morgan fingerprint density at radius 1 is 1.36 bits per heavy atom. The van der Waals surface area contributed by atoms with Crippen LogP contribution in [0, 0.1) is 0 Å². The zero-order valence-corrected chi connectivity index (χ0v) is 8.58. The number of aliphatic carboxylic acids is 1. The third-order valence-electron chi connectivity index (χ3n) is 1.68. The van der Waals surface area contributed by atoms with Crippen LogP contribution in [0.4, 0.5) is 0 Å². The van der Waals surface area contributed by atoms with Crippen molar-refractivity contribution in [2.45, 2.75) is 33.1 Å². The normalized spacial score (nSPS) is 11.1. The fourth-order valence-corrected chi connectivity index (χ4v) is 0.957. The highest BCUT2D eigenvalue weighted by Crippen LogP contribution is 2.06. The van der Waals surface area contributed by atoms with E-state index in [0.717, 1.165) is 6.42 Å². The minimum Gasteiger partial charge on any atom is -0.481 e. The van der Waals surface area contributed by atoms with Gasteiger partial charge in [0.05, 0.1) is 6.42 Å². The van der Waals surface area contributed by atoms with Crippen LogP contribution in [-0.2, 0) is 14.3 Å². The van der Waals surface area contributed by atoms with E-state index in [2.05, 4.69) is 0 Å². The van der Waals surface area contributed by atoms with Crippen molar-refractivity contribution in [2.75, 3.05) is 6.61 Å². The molecule has 0 aliphatic carbocycles. The van der Waals surface area contributed by atoms with Crippen molar-refractivity contribution in [1.29, 1.82) is 0 Å². The summed E-state index contributed by atoms with van der Waals surface area (Å²) in [6.45, 7) is 3.67. The number of hydrogen-bond donors (Lipinski definition) is 1. The first-order valence-electron chi connectivity index (χ1n) is 4.65. The van der Waals surface area contributed by atoms with Gasteiger partial charge in [-0.3, -0.25) is 4.79 Å². The third-order valence-corrected chi connectivity index (χ3v) is 1.68. The number of ether oxygens (including phenoxy) is 1. The summed E-state index contributed by atoms with van der Waals surface area (Å²) in [7, 11) is 0. The molecule has 14 heavy (non-hydrogen) atoms. The Morgan fingerprint density at radius 2 is 2.00 bits per heavy atom. The van der Waals surface area contributed by atoms with Gasteiger partial charge in [0.15, 0.2) is 0 Å². The van der Waals surface area contributed by atoms with Gasteiger partial charge in [-0.05, 0) is 13.3 Å². The molecule has 0 aromatic heterocycles. The van der Waals surface area contributed by atoms with Crippen molar-refractivity contribution >= 4 is 11.9 Å². The van der Waals surface area contributed by atoms with E-state index in [1.807, 2.05) is 6.92 Å². The van der Waals surface area contributed by atoms with Gasteiger partial charge in [0.1, 0.15) is 6.61 Å². The van der Waals surface area contributed by atoms with E-state index in [1.54, 1.807) is 13.0 Å². The molecule has 0 spiro atoms. The Hall–Kier alpha value is -1.32. The molecular weight excluding hydrogens is 184 g/mol. The van der Waals surface area contributed by atoms with E-state index in [1.165, 1.54) is 0 Å². The van der Waals surface area contributed by atoms with Gasteiger partial charge in [0, 0.05) is 5.57 Å². The number of carboxylic acids is 1. The third kappa shape index (κ3) is 5.35. The zero-order valence-electron chi connectivity index (χ0n) is 8.58. The molecule has 0 fully saturated rings. The predicted octanol–water partition coefficient (Wildman–Crippen LogP) is 1.75. The van der Waals surface area contributed by atoms with Crippen LogP contribution in [0.1, 0.15) is 33.1 Å². The standard InChI is InChI=1S/C10H16O4/c1-3-5-8(4-2)10(13)14-7-6-9(11)12/h4H,3,5-7H2,1-2H3,(H,11,12)/b8-4+. The molecule has 0 saturated carbocycles. The van der Waals surface area contributed by atoms with Crippen LogP contribution in [-0.4, -0.2) is 23.7 Å². The molecule has 0 unspecified atom stereocenters. The van der Waals surface area contributed by atoms with Crippen molar-refractivity contribution < 1.29 is 19.4 Å². The van der Waals surface area contributed by atoms with Crippen LogP contribution in [0.5, 0.6) is 0 Å². The van der Waals surface area contributed by atoms with Gasteiger partial charge in [-0.15, -0.1) is 0 Å². The number of esters is 1. The van der Waals surface area contributed by atoms with Gasteiger partial charge in [0.25, 0.3) is 0 Å². The van der Waals surface area contributed by atoms with Gasteiger partial charge in [-0.25, -0.2) is 4.79 Å². The Morgan fingerprint density at radius 3 is 2.43 bits per heavy atom. The lowest BCUT2D eigenvalue weighted by molar-refractivity contribution is -0.143. The first-order chi connectivity index (χ1) is 6.61. The summed E-state index contributed by atoms with van der Waals surface area (Å²) in [5.74, 6) is -1.37. The van der Waals surface area contributed by atoms with Crippen LogP contribution in [0.15, 0.2) is 11.6 Å². The number of carbonyl (C=O) groups is 2. The van der Waals surface area contributed by atoms with E-state index in [-0.39, 0.29) is 13.0 Å². The second kappa shape index (κ2) is 7.12. The number of hydrogen-bond acceptors (Lipinski definition) is 3. The smallest absolute Gasteiger partial charge is 0.333 e. The lowest BCUT2D eigenvalue weighted by Gasteiger charge is -2.05. The molecule has 0 saturated heterocycles. The number of carboxylic acid groups (broad SMARTS) is 1. The van der Waals surface area contributed by atoms with Crippen molar-refractivity contribution in [3.05, 3.63) is 11.6 Å². The van der Waals surface area contributed by atoms with Crippen molar-refractivity contribution in [3.63, 3.8) is 0 Å². The average Bonchev–Trinajstić information content (AvgIpc) is 2.13. The van der Waals surface area contributed by atoms with Gasteiger partial charge < -0.3 is 9.84 Å². The molecule has 0 aliphatic rings. The quantitative estimate of drug-likeness (QED) is 0.524. The molecule has 0 atom stereocenters. The molecule has 0 rings (SSSR count). The van der Waals surface area contributed by atoms with Gasteiger partial charge >= 0.3 is 11.9 Å². The molecule has 4 nitrogen and oxygen atoms in total. The zero-order chi connectivity index (χ0) is 11.0. The number of allylic oxidation sites excluding steroid dienone is 1. The monoisotopic (exact) mass is 200 g/mol. The van der Waals surface area contributed by atoms with E-state index in [0.29, 0.717) is 12.0 Å². The second-order valence-electron chi connectivity index (χ2n) is 2.84. The predicted molar refractivity (Wildman–Crippen MR) is 51.9 cm³/mol. The fourth-order valence-electron chi connectivity index (χ4n) is 0.957. The summed E-state index contributed by atoms with van der Waals surface area (Å²) in [5, 5.41) is 8.32. The van der Waals surface area contributed by atoms with E-state index in [4.69, 9.17) is 9.84 Å². The molecular formula is C10H16O4. The van der Waals surface area contributed by atoms with Gasteiger partial charge in [-0.2, -0.15) is 0 Å². The largest absolute Gasteiger partial charge is 0.481 e. The van der Waals surface area contributed by atoms with Crippen LogP contribution >= 0.6 is 0 Å².